The van der Waals surface area contributed by atoms with Gasteiger partial charge in [0.2, 0.25) is 12.7 Å². The molecule has 1 aliphatic carbocycles. The molecule has 3 atom stereocenters. The lowest BCUT2D eigenvalue weighted by Crippen LogP contribution is -2.56. The summed E-state index contributed by atoms with van der Waals surface area (Å²) in [6.45, 7) is 8.47. The van der Waals surface area contributed by atoms with Crippen LogP contribution in [0.25, 0.3) is 0 Å². The highest BCUT2D eigenvalue weighted by molar-refractivity contribution is 5.73. The van der Waals surface area contributed by atoms with Crippen LogP contribution in [0.1, 0.15) is 69.8 Å². The Bertz CT molecular complexity index is 1170. The molecule has 2 aromatic rings. The Morgan fingerprint density at radius 1 is 1.16 bits per heavy atom. The first kappa shape index (κ1) is 26.7. The van der Waals surface area contributed by atoms with E-state index in [-0.39, 0.29) is 36.8 Å². The maximum atomic E-state index is 12.0. The van der Waals surface area contributed by atoms with E-state index < -0.39 is 17.7 Å². The maximum Gasteiger partial charge on any atom is 0.231 e. The zero-order valence-electron chi connectivity index (χ0n) is 22.6. The molecule has 3 aliphatic rings. The molecule has 1 aromatic heterocycles. The molecule has 38 heavy (non-hydrogen) atoms. The molecule has 1 amide bonds. The maximum absolute atomic E-state index is 12.0. The second kappa shape index (κ2) is 10.4. The van der Waals surface area contributed by atoms with Gasteiger partial charge < -0.3 is 35.1 Å². The minimum Gasteiger partial charge on any atom is -0.485 e. The summed E-state index contributed by atoms with van der Waals surface area (Å²) in [4.78, 5) is 16.6. The van der Waals surface area contributed by atoms with Crippen molar-refractivity contribution in [1.82, 2.24) is 15.6 Å². The van der Waals surface area contributed by atoms with Crippen LogP contribution in [0.4, 0.5) is 0 Å². The van der Waals surface area contributed by atoms with Crippen molar-refractivity contribution in [3.05, 3.63) is 47.3 Å². The van der Waals surface area contributed by atoms with Crippen molar-refractivity contribution in [3.8, 4) is 17.2 Å². The monoisotopic (exact) mass is 525 g/mol. The molecule has 1 aromatic carbocycles. The smallest absolute Gasteiger partial charge is 0.231 e. The topological polar surface area (TPSA) is 122 Å². The molecular weight excluding hydrogens is 486 g/mol. The van der Waals surface area contributed by atoms with Crippen LogP contribution in [0.15, 0.2) is 30.5 Å². The van der Waals surface area contributed by atoms with Crippen molar-refractivity contribution in [3.63, 3.8) is 0 Å². The number of pyridine rings is 1. The Morgan fingerprint density at radius 2 is 1.92 bits per heavy atom. The highest BCUT2D eigenvalue weighted by Crippen LogP contribution is 2.49. The van der Waals surface area contributed by atoms with Gasteiger partial charge in [0.15, 0.2) is 11.5 Å². The Morgan fingerprint density at radius 3 is 2.63 bits per heavy atom. The third-order valence-electron chi connectivity index (χ3n) is 7.48. The van der Waals surface area contributed by atoms with Crippen molar-refractivity contribution in [2.75, 3.05) is 13.3 Å². The number of nitrogens with zero attached hydrogens (tertiary/aromatic N) is 1. The fourth-order valence-electron chi connectivity index (χ4n) is 5.76. The first-order chi connectivity index (χ1) is 18.0. The minimum absolute atomic E-state index is 0.0776. The van der Waals surface area contributed by atoms with Gasteiger partial charge in [-0.2, -0.15) is 0 Å². The lowest BCUT2D eigenvalue weighted by Gasteiger charge is -2.50. The van der Waals surface area contributed by atoms with Crippen LogP contribution in [-0.4, -0.2) is 58.3 Å². The minimum atomic E-state index is -0.838. The van der Waals surface area contributed by atoms with E-state index in [9.17, 15) is 15.0 Å². The summed E-state index contributed by atoms with van der Waals surface area (Å²) in [5, 5.41) is 27.7. The number of ether oxygens (including phenoxy) is 3. The number of benzene rings is 1. The van der Waals surface area contributed by atoms with Crippen LogP contribution in [0.2, 0.25) is 0 Å². The number of hydrogen-bond acceptors (Lipinski definition) is 8. The van der Waals surface area contributed by atoms with Gasteiger partial charge in [-0.05, 0) is 42.0 Å². The summed E-state index contributed by atoms with van der Waals surface area (Å²) in [5.41, 5.74) is 2.62. The van der Waals surface area contributed by atoms with Crippen molar-refractivity contribution < 1.29 is 29.2 Å². The van der Waals surface area contributed by atoms with Crippen molar-refractivity contribution in [2.24, 2.45) is 5.41 Å². The van der Waals surface area contributed by atoms with Gasteiger partial charge in [0.05, 0.1) is 24.4 Å². The molecule has 5 rings (SSSR count). The van der Waals surface area contributed by atoms with Crippen molar-refractivity contribution in [1.29, 1.82) is 0 Å². The third-order valence-corrected chi connectivity index (χ3v) is 7.48. The van der Waals surface area contributed by atoms with Crippen molar-refractivity contribution in [2.45, 2.75) is 89.7 Å². The van der Waals surface area contributed by atoms with Gasteiger partial charge >= 0.3 is 0 Å². The highest BCUT2D eigenvalue weighted by Gasteiger charge is 2.50. The number of aliphatic hydroxyl groups is 2. The summed E-state index contributed by atoms with van der Waals surface area (Å²) in [7, 11) is 0. The number of fused-ring (bicyclic) bond motifs is 2. The second-order valence-electron chi connectivity index (χ2n) is 12.2. The van der Waals surface area contributed by atoms with E-state index in [1.54, 1.807) is 6.20 Å². The average molecular weight is 526 g/mol. The predicted molar refractivity (Wildman–Crippen MR) is 141 cm³/mol. The standard InChI is InChI=1S/C29H39N3O6/c1-17(33)32-22(7-18-5-6-25-26(8-18)37-16-36-25)24(35)14-31-23-13-29(11-20(34)12-29)38-27-15-30-19(9-21(23)27)10-28(2,3)4/h5-6,8-9,15,20,22-24,31,34-35H,7,10-14,16H2,1-4H3,(H,32,33)/t20?,22-,23-,24+,29?/m0/s1. The van der Waals surface area contributed by atoms with Crippen LogP contribution >= 0.6 is 0 Å². The highest BCUT2D eigenvalue weighted by atomic mass is 16.7. The van der Waals surface area contributed by atoms with Crippen LogP contribution in [-0.2, 0) is 17.6 Å². The zero-order valence-corrected chi connectivity index (χ0v) is 22.6. The second-order valence-corrected chi connectivity index (χ2v) is 12.2. The molecule has 1 fully saturated rings. The van der Waals surface area contributed by atoms with E-state index in [2.05, 4.69) is 42.5 Å². The lowest BCUT2D eigenvalue weighted by molar-refractivity contribution is -0.120. The molecule has 1 saturated carbocycles. The van der Waals surface area contributed by atoms with E-state index in [1.165, 1.54) is 6.92 Å². The largest absolute Gasteiger partial charge is 0.485 e. The summed E-state index contributed by atoms with van der Waals surface area (Å²) in [6.07, 6.45) is 3.73. The Labute approximate surface area is 223 Å². The number of aliphatic hydroxyl groups excluding tert-OH is 2. The van der Waals surface area contributed by atoms with Gasteiger partial charge in [0.25, 0.3) is 0 Å². The fraction of sp³-hybridized carbons (Fsp3) is 0.586. The first-order valence-electron chi connectivity index (χ1n) is 13.4. The number of aromatic nitrogens is 1. The SMILES string of the molecule is CC(=O)N[C@@H](Cc1ccc2c(c1)OCO2)[C@H](O)CN[C@H]1CC2(CC(O)C2)Oc2cnc(CC(C)(C)C)cc21. The molecular formula is C29H39N3O6. The lowest BCUT2D eigenvalue weighted by atomic mass is 9.71. The summed E-state index contributed by atoms with van der Waals surface area (Å²) in [5.74, 6) is 1.89. The molecule has 9 nitrogen and oxygen atoms in total. The van der Waals surface area contributed by atoms with E-state index in [4.69, 9.17) is 14.2 Å². The number of nitrogens with one attached hydrogen (secondary N) is 2. The number of rotatable bonds is 8. The molecule has 9 heteroatoms. The molecule has 2 aliphatic heterocycles. The fourth-order valence-corrected chi connectivity index (χ4v) is 5.76. The predicted octanol–water partition coefficient (Wildman–Crippen LogP) is 2.81. The van der Waals surface area contributed by atoms with Crippen LogP contribution < -0.4 is 24.8 Å². The van der Waals surface area contributed by atoms with Gasteiger partial charge in [-0.15, -0.1) is 0 Å². The van der Waals surface area contributed by atoms with E-state index >= 15 is 0 Å². The Kier molecular flexibility index (Phi) is 7.28. The molecule has 0 unspecified atom stereocenters. The number of amides is 1. The van der Waals surface area contributed by atoms with Gasteiger partial charge in [-0.25, -0.2) is 0 Å². The summed E-state index contributed by atoms with van der Waals surface area (Å²) >= 11 is 0. The molecule has 0 radical (unpaired) electrons. The number of hydrogen-bond donors (Lipinski definition) is 4. The number of carbonyl (C=O) groups is 1. The van der Waals surface area contributed by atoms with Crippen molar-refractivity contribution >= 4 is 5.91 Å². The molecule has 4 N–H and O–H groups in total. The van der Waals surface area contributed by atoms with Gasteiger partial charge in [0.1, 0.15) is 11.4 Å². The third kappa shape index (κ3) is 6.06. The van der Waals surface area contributed by atoms with Gasteiger partial charge in [0, 0.05) is 50.0 Å². The van der Waals surface area contributed by atoms with Crippen LogP contribution in [0.5, 0.6) is 17.2 Å². The Balaban J connectivity index is 1.32. The summed E-state index contributed by atoms with van der Waals surface area (Å²) < 4.78 is 17.2. The molecule has 0 saturated heterocycles. The normalized spacial score (nSPS) is 25.2. The quantitative estimate of drug-likeness (QED) is 0.415. The molecule has 3 heterocycles. The van der Waals surface area contributed by atoms with E-state index in [0.717, 1.165) is 29.0 Å². The number of carbonyl (C=O) groups excluding carboxylic acids is 1. The average Bonchev–Trinajstić information content (AvgIpc) is 3.28. The van der Waals surface area contributed by atoms with Crippen LogP contribution in [0, 0.1) is 5.41 Å². The van der Waals surface area contributed by atoms with Gasteiger partial charge in [-0.3, -0.25) is 9.78 Å². The summed E-state index contributed by atoms with van der Waals surface area (Å²) in [6, 6.07) is 7.19. The van der Waals surface area contributed by atoms with Crippen LogP contribution in [0.3, 0.4) is 0 Å². The molecule has 0 bridgehead atoms. The first-order valence-corrected chi connectivity index (χ1v) is 13.4. The zero-order chi connectivity index (χ0) is 27.1. The van der Waals surface area contributed by atoms with E-state index in [0.29, 0.717) is 37.2 Å². The molecule has 1 spiro atoms. The van der Waals surface area contributed by atoms with E-state index in [1.807, 2.05) is 18.2 Å². The van der Waals surface area contributed by atoms with Gasteiger partial charge in [-0.1, -0.05) is 26.8 Å². The molecule has 206 valence electrons. The Hall–Kier alpha value is -2.88.